The van der Waals surface area contributed by atoms with Gasteiger partial charge in [0.15, 0.2) is 0 Å². The first kappa shape index (κ1) is 18.6. The first-order valence-electron chi connectivity index (χ1n) is 8.65. The molecule has 0 fully saturated rings. The number of hydrogen-bond donors (Lipinski definition) is 2. The predicted octanol–water partition coefficient (Wildman–Crippen LogP) is 2.86. The van der Waals surface area contributed by atoms with Crippen LogP contribution in [0.4, 0.5) is 0 Å². The van der Waals surface area contributed by atoms with Crippen LogP contribution in [0.15, 0.2) is 35.1 Å². The van der Waals surface area contributed by atoms with Crippen LogP contribution in [0.3, 0.4) is 0 Å². The SMILES string of the molecule is CCCN(CCO)Cc1nc2cc(-c3ccc(OC)cc3)sc2c(=O)[nH]1. The molecule has 3 aromatic rings. The second-order valence-corrected chi connectivity index (χ2v) is 7.12. The molecule has 0 aliphatic rings. The van der Waals surface area contributed by atoms with Crippen molar-refractivity contribution in [3.05, 3.63) is 46.5 Å². The third-order valence-electron chi connectivity index (χ3n) is 4.14. The number of hydrogen-bond acceptors (Lipinski definition) is 6. The fourth-order valence-electron chi connectivity index (χ4n) is 2.90. The summed E-state index contributed by atoms with van der Waals surface area (Å²) >= 11 is 1.44. The molecule has 2 heterocycles. The lowest BCUT2D eigenvalue weighted by atomic mass is 10.2. The highest BCUT2D eigenvalue weighted by Gasteiger charge is 2.12. The molecule has 6 nitrogen and oxygen atoms in total. The van der Waals surface area contributed by atoms with Gasteiger partial charge in [-0.3, -0.25) is 9.69 Å². The van der Waals surface area contributed by atoms with Gasteiger partial charge in [-0.1, -0.05) is 6.92 Å². The van der Waals surface area contributed by atoms with E-state index in [0.29, 0.717) is 29.1 Å². The van der Waals surface area contributed by atoms with Gasteiger partial charge in [0.25, 0.3) is 5.56 Å². The van der Waals surface area contributed by atoms with E-state index in [1.807, 2.05) is 30.3 Å². The largest absolute Gasteiger partial charge is 0.497 e. The molecule has 0 aliphatic heterocycles. The van der Waals surface area contributed by atoms with Gasteiger partial charge in [-0.15, -0.1) is 11.3 Å². The summed E-state index contributed by atoms with van der Waals surface area (Å²) in [4.78, 5) is 23.1. The summed E-state index contributed by atoms with van der Waals surface area (Å²) in [6.45, 7) is 4.11. The fraction of sp³-hybridized carbons (Fsp3) is 0.368. The van der Waals surface area contributed by atoms with Crippen LogP contribution < -0.4 is 10.3 Å². The Balaban J connectivity index is 1.91. The number of nitrogens with zero attached hydrogens (tertiary/aromatic N) is 2. The lowest BCUT2D eigenvalue weighted by Crippen LogP contribution is -2.29. The zero-order chi connectivity index (χ0) is 18.5. The molecular formula is C19H23N3O3S. The van der Waals surface area contributed by atoms with Crippen molar-refractivity contribution in [2.24, 2.45) is 0 Å². The number of rotatable bonds is 8. The molecule has 0 aliphatic carbocycles. The molecule has 0 radical (unpaired) electrons. The summed E-state index contributed by atoms with van der Waals surface area (Å²) in [6, 6.07) is 9.71. The van der Waals surface area contributed by atoms with Crippen LogP contribution in [0.1, 0.15) is 19.2 Å². The van der Waals surface area contributed by atoms with Crippen molar-refractivity contribution in [1.29, 1.82) is 0 Å². The molecule has 2 N–H and O–H groups in total. The van der Waals surface area contributed by atoms with E-state index in [2.05, 4.69) is 21.8 Å². The Morgan fingerprint density at radius 2 is 2.04 bits per heavy atom. The third-order valence-corrected chi connectivity index (χ3v) is 5.31. The molecule has 7 heteroatoms. The van der Waals surface area contributed by atoms with Crippen molar-refractivity contribution in [3.8, 4) is 16.2 Å². The van der Waals surface area contributed by atoms with Crippen LogP contribution in [-0.2, 0) is 6.54 Å². The Morgan fingerprint density at radius 1 is 1.27 bits per heavy atom. The van der Waals surface area contributed by atoms with Crippen LogP contribution >= 0.6 is 11.3 Å². The van der Waals surface area contributed by atoms with Crippen molar-refractivity contribution >= 4 is 21.6 Å². The van der Waals surface area contributed by atoms with E-state index in [4.69, 9.17) is 4.74 Å². The molecule has 2 aromatic heterocycles. The maximum atomic E-state index is 12.5. The molecule has 0 saturated heterocycles. The molecule has 26 heavy (non-hydrogen) atoms. The zero-order valence-corrected chi connectivity index (χ0v) is 15.8. The minimum absolute atomic E-state index is 0.0898. The number of thiophene rings is 1. The van der Waals surface area contributed by atoms with E-state index in [-0.39, 0.29) is 12.2 Å². The highest BCUT2D eigenvalue weighted by Crippen LogP contribution is 2.31. The number of aliphatic hydroxyl groups is 1. The molecular weight excluding hydrogens is 350 g/mol. The quantitative estimate of drug-likeness (QED) is 0.635. The third kappa shape index (κ3) is 4.12. The Bertz CT molecular complexity index is 912. The zero-order valence-electron chi connectivity index (χ0n) is 15.0. The molecule has 0 bridgehead atoms. The highest BCUT2D eigenvalue weighted by molar-refractivity contribution is 7.22. The number of H-pyrrole nitrogens is 1. The summed E-state index contributed by atoms with van der Waals surface area (Å²) in [7, 11) is 1.64. The van der Waals surface area contributed by atoms with Crippen molar-refractivity contribution < 1.29 is 9.84 Å². The number of ether oxygens (including phenoxy) is 1. The van der Waals surface area contributed by atoms with Gasteiger partial charge in [0.2, 0.25) is 0 Å². The Labute approximate surface area is 156 Å². The maximum absolute atomic E-state index is 12.5. The summed E-state index contributed by atoms with van der Waals surface area (Å²) in [5.41, 5.74) is 1.62. The van der Waals surface area contributed by atoms with Crippen LogP contribution in [0.2, 0.25) is 0 Å². The standard InChI is InChI=1S/C19H23N3O3S/c1-3-8-22(9-10-23)12-17-20-15-11-16(26-18(15)19(24)21-17)13-4-6-14(25-2)7-5-13/h4-7,11,23H,3,8-10,12H2,1-2H3,(H,20,21,24). The van der Waals surface area contributed by atoms with Crippen molar-refractivity contribution in [2.45, 2.75) is 19.9 Å². The van der Waals surface area contributed by atoms with E-state index in [1.165, 1.54) is 11.3 Å². The van der Waals surface area contributed by atoms with Gasteiger partial charge < -0.3 is 14.8 Å². The smallest absolute Gasteiger partial charge is 0.268 e. The predicted molar refractivity (Wildman–Crippen MR) is 105 cm³/mol. The minimum atomic E-state index is -0.116. The number of nitrogens with one attached hydrogen (secondary N) is 1. The molecule has 0 unspecified atom stereocenters. The molecule has 3 rings (SSSR count). The van der Waals surface area contributed by atoms with Crippen LogP contribution in [0.25, 0.3) is 20.7 Å². The molecule has 0 saturated carbocycles. The van der Waals surface area contributed by atoms with Gasteiger partial charge in [0.1, 0.15) is 16.3 Å². The van der Waals surface area contributed by atoms with Gasteiger partial charge in [0.05, 0.1) is 25.8 Å². The first-order valence-corrected chi connectivity index (χ1v) is 9.46. The van der Waals surface area contributed by atoms with Crippen molar-refractivity contribution in [3.63, 3.8) is 0 Å². The van der Waals surface area contributed by atoms with Crippen LogP contribution in [0.5, 0.6) is 5.75 Å². The Hall–Kier alpha value is -2.22. The van der Waals surface area contributed by atoms with Gasteiger partial charge in [-0.05, 0) is 48.9 Å². The van der Waals surface area contributed by atoms with Gasteiger partial charge in [-0.2, -0.15) is 0 Å². The monoisotopic (exact) mass is 373 g/mol. The number of aromatic nitrogens is 2. The van der Waals surface area contributed by atoms with Crippen LogP contribution in [0, 0.1) is 0 Å². The van der Waals surface area contributed by atoms with E-state index in [9.17, 15) is 9.90 Å². The fourth-order valence-corrected chi connectivity index (χ4v) is 3.90. The number of fused-ring (bicyclic) bond motifs is 1. The lowest BCUT2D eigenvalue weighted by Gasteiger charge is -2.19. The number of aromatic amines is 1. The number of aliphatic hydroxyl groups excluding tert-OH is 1. The normalized spacial score (nSPS) is 11.4. The highest BCUT2D eigenvalue weighted by atomic mass is 32.1. The topological polar surface area (TPSA) is 78.5 Å². The molecule has 1 aromatic carbocycles. The van der Waals surface area contributed by atoms with E-state index < -0.39 is 0 Å². The van der Waals surface area contributed by atoms with Gasteiger partial charge in [0, 0.05) is 11.4 Å². The summed E-state index contributed by atoms with van der Waals surface area (Å²) < 4.78 is 5.82. The van der Waals surface area contributed by atoms with Gasteiger partial charge in [-0.25, -0.2) is 4.98 Å². The first-order chi connectivity index (χ1) is 12.6. The summed E-state index contributed by atoms with van der Waals surface area (Å²) in [5, 5.41) is 9.19. The van der Waals surface area contributed by atoms with Crippen molar-refractivity contribution in [1.82, 2.24) is 14.9 Å². The minimum Gasteiger partial charge on any atom is -0.497 e. The molecule has 138 valence electrons. The second-order valence-electron chi connectivity index (χ2n) is 6.07. The molecule has 0 atom stereocenters. The lowest BCUT2D eigenvalue weighted by molar-refractivity contribution is 0.187. The second kappa shape index (κ2) is 8.44. The van der Waals surface area contributed by atoms with E-state index >= 15 is 0 Å². The van der Waals surface area contributed by atoms with Crippen molar-refractivity contribution in [2.75, 3.05) is 26.8 Å². The molecule has 0 amide bonds. The van der Waals surface area contributed by atoms with Gasteiger partial charge >= 0.3 is 0 Å². The average Bonchev–Trinajstić information content (AvgIpc) is 3.07. The van der Waals surface area contributed by atoms with E-state index in [0.717, 1.165) is 29.2 Å². The van der Waals surface area contributed by atoms with E-state index in [1.54, 1.807) is 7.11 Å². The summed E-state index contributed by atoms with van der Waals surface area (Å²) in [6.07, 6.45) is 0.979. The number of methoxy groups -OCH3 is 1. The maximum Gasteiger partial charge on any atom is 0.268 e. The molecule has 0 spiro atoms. The average molecular weight is 373 g/mol. The summed E-state index contributed by atoms with van der Waals surface area (Å²) in [5.74, 6) is 1.43. The Morgan fingerprint density at radius 3 is 2.69 bits per heavy atom. The Kier molecular flexibility index (Phi) is 6.03. The number of benzene rings is 1. The van der Waals surface area contributed by atoms with Crippen LogP contribution in [-0.4, -0.2) is 46.8 Å².